The average molecular weight is 908 g/mol. The van der Waals surface area contributed by atoms with Crippen LogP contribution >= 0.6 is 22.7 Å². The first-order valence-corrected chi connectivity index (χ1v) is 22.8. The number of pyridine rings is 1. The van der Waals surface area contributed by atoms with Gasteiger partial charge in [-0.1, -0.05) is 32.0 Å². The molecule has 0 bridgehead atoms. The topological polar surface area (TPSA) is 146 Å². The van der Waals surface area contributed by atoms with Gasteiger partial charge in [-0.3, -0.25) is 19.5 Å². The summed E-state index contributed by atoms with van der Waals surface area (Å²) in [4.78, 5) is 45.8. The number of fused-ring (bicyclic) bond motifs is 3. The molecule has 1 fully saturated rings. The van der Waals surface area contributed by atoms with Crippen molar-refractivity contribution in [2.45, 2.75) is 71.1 Å². The van der Waals surface area contributed by atoms with Crippen LogP contribution in [0.3, 0.4) is 0 Å². The molecule has 0 amide bonds. The molecule has 6 heterocycles. The van der Waals surface area contributed by atoms with Gasteiger partial charge in [-0.2, -0.15) is 13.2 Å². The van der Waals surface area contributed by atoms with Gasteiger partial charge in [-0.15, -0.1) is 22.7 Å². The van der Waals surface area contributed by atoms with Crippen molar-refractivity contribution in [2.75, 3.05) is 26.7 Å². The maximum Gasteiger partial charge on any atom is 0.450 e. The fourth-order valence-corrected chi connectivity index (χ4v) is 10.6. The van der Waals surface area contributed by atoms with Crippen LogP contribution in [0.2, 0.25) is 0 Å². The standard InChI is InChI=1S/C48H44F3N5O6S2/c1-4-26-18-31-41(59)35(24-61-43(31)34(40(26)58)23-56-16-9-11-29(21-56)28-10-8-15-52-20-28)46-53-30(25-63-46)14-17-55(3)22-33-39(57)27(5-2)19-32-42(60)38(45(48(49,50)51)62-44(32)33)47-54-36-12-6-7-13-37(36)64-47/h6-8,10,12-13,15,18-20,24-25,29,57-58H,4-5,9,11,14,16-17,21-23H2,1-3H3/t29-/m1/s1. The molecule has 64 heavy (non-hydrogen) atoms. The molecule has 8 aromatic rings. The highest BCUT2D eigenvalue weighted by molar-refractivity contribution is 7.21. The summed E-state index contributed by atoms with van der Waals surface area (Å²) in [7, 11) is 1.74. The molecule has 1 aliphatic heterocycles. The highest BCUT2D eigenvalue weighted by atomic mass is 32.1. The largest absolute Gasteiger partial charge is 0.507 e. The summed E-state index contributed by atoms with van der Waals surface area (Å²) in [5, 5.41) is 25.3. The van der Waals surface area contributed by atoms with Gasteiger partial charge in [0.25, 0.3) is 0 Å². The average Bonchev–Trinajstić information content (AvgIpc) is 3.95. The third-order valence-corrected chi connectivity index (χ3v) is 14.0. The van der Waals surface area contributed by atoms with Crippen LogP contribution in [-0.4, -0.2) is 61.6 Å². The molecular formula is C48H44F3N5O6S2. The van der Waals surface area contributed by atoms with Crippen LogP contribution in [-0.2, 0) is 38.5 Å². The maximum absolute atomic E-state index is 14.7. The SMILES string of the molecule is CCc1cc2c(=O)c(-c3nc(CCN(C)Cc4c(O)c(CC)cc5c(=O)c(-c6nc7ccccc7s6)c(C(F)(F)F)oc45)cs3)coc2c(CN2CCC[C@@H](c3cccnc3)C2)c1O. The monoisotopic (exact) mass is 907 g/mol. The zero-order chi connectivity index (χ0) is 44.9. The van der Waals surface area contributed by atoms with Gasteiger partial charge in [0.05, 0.1) is 43.4 Å². The number of aromatic hydroxyl groups is 2. The Morgan fingerprint density at radius 2 is 1.69 bits per heavy atom. The number of para-hydroxylation sites is 1. The van der Waals surface area contributed by atoms with Gasteiger partial charge in [0.1, 0.15) is 44.5 Å². The molecule has 0 spiro atoms. The molecular weight excluding hydrogens is 864 g/mol. The van der Waals surface area contributed by atoms with Gasteiger partial charge in [-0.05, 0) is 92.2 Å². The molecule has 0 saturated carbocycles. The van der Waals surface area contributed by atoms with E-state index in [0.717, 1.165) is 37.3 Å². The molecule has 1 aliphatic rings. The van der Waals surface area contributed by atoms with Crippen LogP contribution in [0.5, 0.6) is 11.5 Å². The van der Waals surface area contributed by atoms with Gasteiger partial charge in [0.2, 0.25) is 16.6 Å². The molecule has 2 N–H and O–H groups in total. The molecule has 9 rings (SSSR count). The Morgan fingerprint density at radius 1 is 0.938 bits per heavy atom. The second-order valence-corrected chi connectivity index (χ2v) is 18.2. The lowest BCUT2D eigenvalue weighted by atomic mass is 9.91. The Bertz CT molecular complexity index is 3130. The molecule has 1 atom stereocenters. The highest BCUT2D eigenvalue weighted by Gasteiger charge is 2.41. The van der Waals surface area contributed by atoms with E-state index in [1.807, 2.05) is 24.6 Å². The highest BCUT2D eigenvalue weighted by Crippen LogP contribution is 2.42. The van der Waals surface area contributed by atoms with Crippen molar-refractivity contribution in [1.82, 2.24) is 24.8 Å². The predicted octanol–water partition coefficient (Wildman–Crippen LogP) is 10.3. The van der Waals surface area contributed by atoms with E-state index in [4.69, 9.17) is 13.8 Å². The number of phenolic OH excluding ortho intramolecular Hbond substituents is 2. The normalized spacial score (nSPS) is 15.0. The molecule has 11 nitrogen and oxygen atoms in total. The number of hydrogen-bond acceptors (Lipinski definition) is 13. The van der Waals surface area contributed by atoms with E-state index in [2.05, 4.69) is 20.9 Å². The van der Waals surface area contributed by atoms with Gasteiger partial charge in [0, 0.05) is 50.4 Å². The summed E-state index contributed by atoms with van der Waals surface area (Å²) >= 11 is 2.26. The number of aromatic nitrogens is 3. The third-order valence-electron chi connectivity index (χ3n) is 12.1. The molecule has 16 heteroatoms. The number of benzene rings is 3. The number of likely N-dealkylation sites (tertiary alicyclic amines) is 1. The molecule has 0 radical (unpaired) electrons. The second-order valence-electron chi connectivity index (χ2n) is 16.3. The smallest absolute Gasteiger partial charge is 0.450 e. The maximum atomic E-state index is 14.7. The van der Waals surface area contributed by atoms with Crippen molar-refractivity contribution in [1.29, 1.82) is 0 Å². The van der Waals surface area contributed by atoms with E-state index in [1.165, 1.54) is 29.2 Å². The summed E-state index contributed by atoms with van der Waals surface area (Å²) in [6, 6.07) is 14.0. The van der Waals surface area contributed by atoms with Crippen molar-refractivity contribution in [3.8, 4) is 32.6 Å². The number of likely N-dealkylation sites (N-methyl/N-ethyl adjacent to an activating group) is 1. The summed E-state index contributed by atoms with van der Waals surface area (Å²) < 4.78 is 56.6. The lowest BCUT2D eigenvalue weighted by Crippen LogP contribution is -2.34. The summed E-state index contributed by atoms with van der Waals surface area (Å²) in [5.41, 5.74) is 2.51. The van der Waals surface area contributed by atoms with E-state index >= 15 is 0 Å². The number of phenols is 2. The Morgan fingerprint density at radius 3 is 2.41 bits per heavy atom. The van der Waals surface area contributed by atoms with Crippen molar-refractivity contribution in [2.24, 2.45) is 0 Å². The quantitative estimate of drug-likeness (QED) is 0.121. The number of nitrogens with zero attached hydrogens (tertiary/aromatic N) is 5. The Kier molecular flexibility index (Phi) is 11.9. The first-order chi connectivity index (χ1) is 30.8. The summed E-state index contributed by atoms with van der Waals surface area (Å²) in [6.45, 7) is 6.07. The van der Waals surface area contributed by atoms with Crippen molar-refractivity contribution in [3.63, 3.8) is 0 Å². The molecule has 1 saturated heterocycles. The van der Waals surface area contributed by atoms with E-state index in [1.54, 1.807) is 55.4 Å². The number of aryl methyl sites for hydroxylation is 2. The summed E-state index contributed by atoms with van der Waals surface area (Å²) in [5.74, 6) is -1.27. The number of halogens is 3. The number of thiazole rings is 2. The van der Waals surface area contributed by atoms with Crippen LogP contribution < -0.4 is 10.9 Å². The van der Waals surface area contributed by atoms with Crippen molar-refractivity contribution >= 4 is 54.8 Å². The number of rotatable bonds is 12. The minimum absolute atomic E-state index is 0.0430. The lowest BCUT2D eigenvalue weighted by molar-refractivity contribution is -0.152. The molecule has 3 aromatic carbocycles. The van der Waals surface area contributed by atoms with Crippen molar-refractivity contribution < 1.29 is 32.2 Å². The van der Waals surface area contributed by atoms with E-state index in [-0.39, 0.29) is 45.0 Å². The van der Waals surface area contributed by atoms with Crippen LogP contribution in [0.25, 0.3) is 53.3 Å². The lowest BCUT2D eigenvalue weighted by Gasteiger charge is -2.33. The van der Waals surface area contributed by atoms with E-state index in [0.29, 0.717) is 92.4 Å². The van der Waals surface area contributed by atoms with Crippen LogP contribution in [0.1, 0.15) is 71.9 Å². The van der Waals surface area contributed by atoms with E-state index in [9.17, 15) is 33.0 Å². The van der Waals surface area contributed by atoms with E-state index < -0.39 is 22.9 Å². The zero-order valence-electron chi connectivity index (χ0n) is 35.3. The minimum Gasteiger partial charge on any atom is -0.507 e. The Balaban J connectivity index is 0.967. The fraction of sp³-hybridized carbons (Fsp3) is 0.312. The first kappa shape index (κ1) is 43.3. The number of hydrogen-bond donors (Lipinski definition) is 2. The van der Waals surface area contributed by atoms with Crippen LogP contribution in [0, 0.1) is 0 Å². The van der Waals surface area contributed by atoms with Gasteiger partial charge in [-0.25, -0.2) is 9.97 Å². The van der Waals surface area contributed by atoms with Gasteiger partial charge < -0.3 is 23.9 Å². The predicted molar refractivity (Wildman–Crippen MR) is 243 cm³/mol. The first-order valence-electron chi connectivity index (χ1n) is 21.1. The van der Waals surface area contributed by atoms with Gasteiger partial charge in [0.15, 0.2) is 0 Å². The summed E-state index contributed by atoms with van der Waals surface area (Å²) in [6.07, 6.45) is 3.30. The van der Waals surface area contributed by atoms with Crippen LogP contribution in [0.4, 0.5) is 13.2 Å². The number of alkyl halides is 3. The molecule has 0 aliphatic carbocycles. The fourth-order valence-electron chi connectivity index (χ4n) is 8.71. The van der Waals surface area contributed by atoms with Crippen LogP contribution in [0.15, 0.2) is 91.0 Å². The molecule has 0 unspecified atom stereocenters. The number of piperidine rings is 1. The molecule has 5 aromatic heterocycles. The third kappa shape index (κ3) is 8.19. The Labute approximate surface area is 373 Å². The molecule has 330 valence electrons. The Hall–Kier alpha value is -5.94. The van der Waals surface area contributed by atoms with Crippen molar-refractivity contribution in [3.05, 3.63) is 132 Å². The van der Waals surface area contributed by atoms with Gasteiger partial charge >= 0.3 is 6.18 Å². The minimum atomic E-state index is -5.03. The second kappa shape index (κ2) is 17.6. The zero-order valence-corrected chi connectivity index (χ0v) is 36.9.